The van der Waals surface area contributed by atoms with Crippen LogP contribution in [0.1, 0.15) is 40.5 Å². The molecule has 1 heterocycles. The van der Waals surface area contributed by atoms with Crippen LogP contribution < -0.4 is 0 Å². The molecule has 1 N–H and O–H groups in total. The maximum absolute atomic E-state index is 13.0. The van der Waals surface area contributed by atoms with Gasteiger partial charge in [0, 0.05) is 0 Å². The summed E-state index contributed by atoms with van der Waals surface area (Å²) in [6.07, 6.45) is -0.236. The highest BCUT2D eigenvalue weighted by Gasteiger charge is 2.44. The zero-order valence-corrected chi connectivity index (χ0v) is 14.8. The van der Waals surface area contributed by atoms with Gasteiger partial charge in [-0.2, -0.15) is 4.98 Å². The van der Waals surface area contributed by atoms with Crippen molar-refractivity contribution in [2.75, 3.05) is 13.2 Å². The first-order chi connectivity index (χ1) is 10.6. The Kier molecular flexibility index (Phi) is 6.73. The topological polar surface area (TPSA) is 121 Å². The minimum absolute atomic E-state index is 0.0713. The van der Waals surface area contributed by atoms with Crippen molar-refractivity contribution in [2.45, 2.75) is 52.3 Å². The van der Waals surface area contributed by atoms with Crippen LogP contribution in [-0.4, -0.2) is 45.7 Å². The number of nitrogens with zero attached hydrogens (tertiary/aromatic N) is 2. The minimum Gasteiger partial charge on any atom is -0.477 e. The second-order valence-electron chi connectivity index (χ2n) is 5.62. The highest BCUT2D eigenvalue weighted by atomic mass is 31.2. The number of ether oxygens (including phenoxy) is 1. The molecule has 1 aromatic heterocycles. The molecule has 1 aromatic rings. The Bertz CT molecular complexity index is 557. The Labute approximate surface area is 134 Å². The van der Waals surface area contributed by atoms with Crippen LogP contribution in [0.5, 0.6) is 6.01 Å². The van der Waals surface area contributed by atoms with E-state index in [1.54, 1.807) is 34.6 Å². The number of hydrogen-bond donors (Lipinski definition) is 1. The fourth-order valence-corrected chi connectivity index (χ4v) is 3.61. The molecule has 10 heteroatoms. The van der Waals surface area contributed by atoms with Gasteiger partial charge >= 0.3 is 19.6 Å². The van der Waals surface area contributed by atoms with E-state index in [2.05, 4.69) is 10.1 Å². The second kappa shape index (κ2) is 7.90. The molecular weight excluding hydrogens is 327 g/mol. The zero-order chi connectivity index (χ0) is 17.7. The Morgan fingerprint density at radius 1 is 1.30 bits per heavy atom. The van der Waals surface area contributed by atoms with Gasteiger partial charge in [-0.25, -0.2) is 0 Å². The maximum Gasteiger partial charge on any atom is 0.351 e. The molecular formula is C13H23N2O7P. The molecule has 0 aliphatic heterocycles. The number of aromatic nitrogens is 2. The largest absolute Gasteiger partial charge is 0.477 e. The summed E-state index contributed by atoms with van der Waals surface area (Å²) >= 11 is 0. The van der Waals surface area contributed by atoms with E-state index in [-0.39, 0.29) is 25.5 Å². The average molecular weight is 350 g/mol. The van der Waals surface area contributed by atoms with Gasteiger partial charge < -0.3 is 23.4 Å². The van der Waals surface area contributed by atoms with Gasteiger partial charge in [-0.15, -0.1) is 0 Å². The summed E-state index contributed by atoms with van der Waals surface area (Å²) < 4.78 is 33.5. The third-order valence-electron chi connectivity index (χ3n) is 2.50. The van der Waals surface area contributed by atoms with Crippen LogP contribution in [0.3, 0.4) is 0 Å². The Morgan fingerprint density at radius 2 is 1.87 bits per heavy atom. The van der Waals surface area contributed by atoms with E-state index >= 15 is 0 Å². The van der Waals surface area contributed by atoms with Gasteiger partial charge in [0.15, 0.2) is 5.66 Å². The van der Waals surface area contributed by atoms with Crippen LogP contribution in [0.25, 0.3) is 0 Å². The van der Waals surface area contributed by atoms with Crippen LogP contribution in [0.15, 0.2) is 4.52 Å². The lowest BCUT2D eigenvalue weighted by molar-refractivity contribution is -0.154. The van der Waals surface area contributed by atoms with E-state index in [9.17, 15) is 9.36 Å². The first-order valence-corrected chi connectivity index (χ1v) is 8.85. The predicted octanol–water partition coefficient (Wildman–Crippen LogP) is 2.29. The van der Waals surface area contributed by atoms with Crippen LogP contribution >= 0.6 is 7.60 Å². The monoisotopic (exact) mass is 350 g/mol. The molecule has 0 aliphatic carbocycles. The van der Waals surface area contributed by atoms with E-state index in [0.29, 0.717) is 0 Å². The smallest absolute Gasteiger partial charge is 0.351 e. The van der Waals surface area contributed by atoms with Gasteiger partial charge in [-0.05, 0) is 39.8 Å². The van der Waals surface area contributed by atoms with E-state index < -0.39 is 30.8 Å². The quantitative estimate of drug-likeness (QED) is 0.556. The first-order valence-electron chi connectivity index (χ1n) is 7.24. The van der Waals surface area contributed by atoms with Crippen molar-refractivity contribution in [3.05, 3.63) is 5.89 Å². The molecule has 23 heavy (non-hydrogen) atoms. The van der Waals surface area contributed by atoms with Crippen molar-refractivity contribution >= 4 is 13.6 Å². The van der Waals surface area contributed by atoms with Crippen molar-refractivity contribution in [2.24, 2.45) is 0 Å². The molecule has 0 radical (unpaired) electrons. The number of rotatable bonds is 8. The molecule has 0 fully saturated rings. The lowest BCUT2D eigenvalue weighted by atomic mass is 10.2. The summed E-state index contributed by atoms with van der Waals surface area (Å²) in [5.41, 5.74) is -2.06. The normalized spacial score (nSPS) is 13.8. The first kappa shape index (κ1) is 19.6. The van der Waals surface area contributed by atoms with Crippen molar-refractivity contribution < 1.29 is 32.8 Å². The lowest BCUT2D eigenvalue weighted by Gasteiger charge is -2.27. The molecule has 0 aliphatic rings. The Morgan fingerprint density at radius 3 is 2.26 bits per heavy atom. The highest BCUT2D eigenvalue weighted by Crippen LogP contribution is 2.54. The average Bonchev–Trinajstić information content (AvgIpc) is 2.80. The Hall–Kier alpha value is -1.44. The van der Waals surface area contributed by atoms with Gasteiger partial charge in [0.05, 0.1) is 19.6 Å². The van der Waals surface area contributed by atoms with Crippen molar-refractivity contribution in [1.29, 1.82) is 0 Å². The molecule has 132 valence electrons. The highest BCUT2D eigenvalue weighted by molar-refractivity contribution is 7.55. The summed E-state index contributed by atoms with van der Waals surface area (Å²) in [4.78, 5) is 16.1. The molecule has 0 bridgehead atoms. The summed E-state index contributed by atoms with van der Waals surface area (Å²) in [6, 6.07) is -0.578. The molecule has 0 saturated carbocycles. The maximum atomic E-state index is 13.0. The third-order valence-corrected chi connectivity index (χ3v) is 4.90. The second-order valence-corrected chi connectivity index (χ2v) is 7.84. The standard InChI is InChI=1S/C13H23N2O7P/c1-6-19-23(18,20-7-2)9(11(16)21-13(3,4)5)8-10-14-12(17)15-22-10/h9H,6-8H2,1-5H3,(H,15,17). The fraction of sp³-hybridized carbons (Fsp3) is 0.769. The number of carbonyl (C=O) groups excluding carboxylic acids is 1. The van der Waals surface area contributed by atoms with E-state index in [1.165, 1.54) is 0 Å². The van der Waals surface area contributed by atoms with Gasteiger partial charge in [0.1, 0.15) is 5.60 Å². The van der Waals surface area contributed by atoms with E-state index in [4.69, 9.17) is 23.4 Å². The van der Waals surface area contributed by atoms with Crippen molar-refractivity contribution in [3.63, 3.8) is 0 Å². The lowest BCUT2D eigenvalue weighted by Crippen LogP contribution is -2.34. The molecule has 1 rings (SSSR count). The SMILES string of the molecule is CCOP(=O)(OCC)C(Cc1nc(O)no1)C(=O)OC(C)(C)C. The summed E-state index contributed by atoms with van der Waals surface area (Å²) in [6.45, 7) is 8.51. The summed E-state index contributed by atoms with van der Waals surface area (Å²) in [5, 5.41) is 12.4. The van der Waals surface area contributed by atoms with Gasteiger partial charge in [-0.3, -0.25) is 9.36 Å². The van der Waals surface area contributed by atoms with Gasteiger partial charge in [-0.1, -0.05) is 0 Å². The van der Waals surface area contributed by atoms with Gasteiger partial charge in [0.25, 0.3) is 0 Å². The molecule has 9 nitrogen and oxygen atoms in total. The zero-order valence-electron chi connectivity index (χ0n) is 13.9. The van der Waals surface area contributed by atoms with Crippen LogP contribution in [0.4, 0.5) is 0 Å². The summed E-state index contributed by atoms with van der Waals surface area (Å²) in [5.74, 6) is -0.835. The third kappa shape index (κ3) is 5.93. The molecule has 0 spiro atoms. The Balaban J connectivity index is 3.12. The molecule has 0 saturated heterocycles. The summed E-state index contributed by atoms with van der Waals surface area (Å²) in [7, 11) is -3.81. The van der Waals surface area contributed by atoms with E-state index in [1.807, 2.05) is 0 Å². The number of hydrogen-bond acceptors (Lipinski definition) is 9. The predicted molar refractivity (Wildman–Crippen MR) is 80.2 cm³/mol. The van der Waals surface area contributed by atoms with Crippen molar-refractivity contribution in [1.82, 2.24) is 10.1 Å². The van der Waals surface area contributed by atoms with Gasteiger partial charge in [0.2, 0.25) is 5.89 Å². The van der Waals surface area contributed by atoms with Crippen LogP contribution in [-0.2, 0) is 29.6 Å². The van der Waals surface area contributed by atoms with E-state index in [0.717, 1.165) is 0 Å². The van der Waals surface area contributed by atoms with Crippen molar-refractivity contribution in [3.8, 4) is 6.01 Å². The number of aromatic hydroxyl groups is 1. The minimum atomic E-state index is -3.81. The molecule has 1 unspecified atom stereocenters. The molecule has 0 amide bonds. The molecule has 1 atom stereocenters. The number of esters is 1. The van der Waals surface area contributed by atoms with Crippen LogP contribution in [0.2, 0.25) is 0 Å². The molecule has 0 aromatic carbocycles. The van der Waals surface area contributed by atoms with Crippen LogP contribution in [0, 0.1) is 0 Å². The number of carbonyl (C=O) groups is 1. The fourth-order valence-electron chi connectivity index (χ4n) is 1.77.